The van der Waals surface area contributed by atoms with Crippen molar-refractivity contribution >= 4 is 0 Å². The standard InChI is InChI=1S/C17H20N2O2/c1-12(2)17(20)14-6-7-19(10-14)11-15-8-13(9-18)4-5-16(15)21-3/h4-8,10,12,17,20H,11H2,1-3H3. The van der Waals surface area contributed by atoms with Gasteiger partial charge >= 0.3 is 0 Å². The van der Waals surface area contributed by atoms with Crippen LogP contribution in [0.2, 0.25) is 0 Å². The monoisotopic (exact) mass is 284 g/mol. The Labute approximate surface area is 125 Å². The summed E-state index contributed by atoms with van der Waals surface area (Å²) in [6.45, 7) is 4.58. The highest BCUT2D eigenvalue weighted by Gasteiger charge is 2.13. The first-order valence-corrected chi connectivity index (χ1v) is 6.96. The molecule has 4 nitrogen and oxygen atoms in total. The van der Waals surface area contributed by atoms with Crippen LogP contribution in [0.3, 0.4) is 0 Å². The Hall–Kier alpha value is -2.25. The van der Waals surface area contributed by atoms with E-state index in [1.165, 1.54) is 0 Å². The van der Waals surface area contributed by atoms with E-state index in [0.717, 1.165) is 16.9 Å². The first-order valence-electron chi connectivity index (χ1n) is 6.96. The second kappa shape index (κ2) is 6.47. The summed E-state index contributed by atoms with van der Waals surface area (Å²) in [4.78, 5) is 0. The Balaban J connectivity index is 2.24. The number of hydrogen-bond donors (Lipinski definition) is 1. The normalized spacial score (nSPS) is 12.2. The Kier molecular flexibility index (Phi) is 4.66. The fourth-order valence-corrected chi connectivity index (χ4v) is 2.29. The lowest BCUT2D eigenvalue weighted by molar-refractivity contribution is 0.127. The molecule has 0 aliphatic carbocycles. The van der Waals surface area contributed by atoms with Crippen LogP contribution in [-0.2, 0) is 6.54 Å². The lowest BCUT2D eigenvalue weighted by atomic mass is 10.0. The Bertz CT molecular complexity index is 653. The lowest BCUT2D eigenvalue weighted by Crippen LogP contribution is -2.05. The van der Waals surface area contributed by atoms with E-state index in [1.54, 1.807) is 19.2 Å². The molecule has 1 unspecified atom stereocenters. The highest BCUT2D eigenvalue weighted by Crippen LogP contribution is 2.24. The molecule has 0 saturated heterocycles. The van der Waals surface area contributed by atoms with Crippen molar-refractivity contribution in [2.24, 2.45) is 5.92 Å². The van der Waals surface area contributed by atoms with E-state index in [1.807, 2.05) is 42.9 Å². The molecule has 110 valence electrons. The predicted octanol–water partition coefficient (Wildman–Crippen LogP) is 3.11. The van der Waals surface area contributed by atoms with Crippen LogP contribution in [0.4, 0.5) is 0 Å². The SMILES string of the molecule is COc1ccc(C#N)cc1Cn1ccc(C(O)C(C)C)c1. The number of nitriles is 1. The van der Waals surface area contributed by atoms with Gasteiger partial charge in [0.2, 0.25) is 0 Å². The van der Waals surface area contributed by atoms with Gasteiger partial charge in [-0.05, 0) is 35.7 Å². The Morgan fingerprint density at radius 3 is 2.71 bits per heavy atom. The maximum Gasteiger partial charge on any atom is 0.123 e. The molecule has 1 heterocycles. The summed E-state index contributed by atoms with van der Waals surface area (Å²) in [6, 6.07) is 9.44. The summed E-state index contributed by atoms with van der Waals surface area (Å²) in [6.07, 6.45) is 3.40. The zero-order valence-corrected chi connectivity index (χ0v) is 12.6. The third-order valence-corrected chi connectivity index (χ3v) is 3.51. The van der Waals surface area contributed by atoms with Crippen molar-refractivity contribution in [1.82, 2.24) is 4.57 Å². The van der Waals surface area contributed by atoms with Crippen molar-refractivity contribution < 1.29 is 9.84 Å². The van der Waals surface area contributed by atoms with Crippen LogP contribution in [0.1, 0.15) is 36.6 Å². The van der Waals surface area contributed by atoms with Crippen molar-refractivity contribution in [3.63, 3.8) is 0 Å². The zero-order chi connectivity index (χ0) is 15.4. The molecular formula is C17H20N2O2. The molecule has 1 aromatic carbocycles. The predicted molar refractivity (Wildman–Crippen MR) is 81.0 cm³/mol. The van der Waals surface area contributed by atoms with E-state index in [2.05, 4.69) is 6.07 Å². The van der Waals surface area contributed by atoms with Gasteiger partial charge in [-0.25, -0.2) is 0 Å². The second-order valence-corrected chi connectivity index (χ2v) is 5.44. The van der Waals surface area contributed by atoms with Crippen LogP contribution in [0, 0.1) is 17.2 Å². The van der Waals surface area contributed by atoms with Crippen LogP contribution in [0.15, 0.2) is 36.7 Å². The van der Waals surface area contributed by atoms with Gasteiger partial charge in [0, 0.05) is 18.0 Å². The quantitative estimate of drug-likeness (QED) is 0.917. The molecule has 0 amide bonds. The van der Waals surface area contributed by atoms with Gasteiger partial charge in [0.25, 0.3) is 0 Å². The summed E-state index contributed by atoms with van der Waals surface area (Å²) < 4.78 is 7.32. The highest BCUT2D eigenvalue weighted by molar-refractivity contribution is 5.42. The number of benzene rings is 1. The molecule has 4 heteroatoms. The molecule has 0 spiro atoms. The van der Waals surface area contributed by atoms with Crippen molar-refractivity contribution in [1.29, 1.82) is 5.26 Å². The van der Waals surface area contributed by atoms with E-state index >= 15 is 0 Å². The van der Waals surface area contributed by atoms with Gasteiger partial charge in [-0.15, -0.1) is 0 Å². The largest absolute Gasteiger partial charge is 0.496 e. The Morgan fingerprint density at radius 1 is 1.33 bits per heavy atom. The third kappa shape index (κ3) is 3.45. The average molecular weight is 284 g/mol. The number of hydrogen-bond acceptors (Lipinski definition) is 3. The molecule has 1 atom stereocenters. The summed E-state index contributed by atoms with van der Waals surface area (Å²) in [5.41, 5.74) is 2.46. The molecular weight excluding hydrogens is 264 g/mol. The van der Waals surface area contributed by atoms with E-state index in [4.69, 9.17) is 10.00 Å². The zero-order valence-electron chi connectivity index (χ0n) is 12.6. The molecule has 2 rings (SSSR count). The van der Waals surface area contributed by atoms with Gasteiger partial charge in [-0.1, -0.05) is 13.8 Å². The van der Waals surface area contributed by atoms with E-state index in [0.29, 0.717) is 12.1 Å². The van der Waals surface area contributed by atoms with Gasteiger partial charge in [-0.2, -0.15) is 5.26 Å². The number of methoxy groups -OCH3 is 1. The van der Waals surface area contributed by atoms with Gasteiger partial charge in [0.05, 0.1) is 31.4 Å². The van der Waals surface area contributed by atoms with Crippen molar-refractivity contribution in [3.8, 4) is 11.8 Å². The fourth-order valence-electron chi connectivity index (χ4n) is 2.29. The topological polar surface area (TPSA) is 58.2 Å². The summed E-state index contributed by atoms with van der Waals surface area (Å²) in [5.74, 6) is 0.936. The number of nitrogens with zero attached hydrogens (tertiary/aromatic N) is 2. The molecule has 0 aliphatic rings. The van der Waals surface area contributed by atoms with E-state index in [-0.39, 0.29) is 5.92 Å². The number of rotatable bonds is 5. The van der Waals surface area contributed by atoms with Crippen molar-refractivity contribution in [2.75, 3.05) is 7.11 Å². The van der Waals surface area contributed by atoms with Crippen molar-refractivity contribution in [2.45, 2.75) is 26.5 Å². The summed E-state index contributed by atoms with van der Waals surface area (Å²) in [5, 5.41) is 19.1. The maximum atomic E-state index is 10.1. The smallest absolute Gasteiger partial charge is 0.123 e. The lowest BCUT2D eigenvalue weighted by Gasteiger charge is -2.13. The summed E-state index contributed by atoms with van der Waals surface area (Å²) >= 11 is 0. The van der Waals surface area contributed by atoms with Gasteiger partial charge in [0.15, 0.2) is 0 Å². The second-order valence-electron chi connectivity index (χ2n) is 5.44. The molecule has 0 saturated carbocycles. The molecule has 1 N–H and O–H groups in total. The average Bonchev–Trinajstić information content (AvgIpc) is 2.94. The van der Waals surface area contributed by atoms with Crippen LogP contribution in [0.5, 0.6) is 5.75 Å². The molecule has 0 aliphatic heterocycles. The van der Waals surface area contributed by atoms with Crippen LogP contribution in [-0.4, -0.2) is 16.8 Å². The molecule has 0 fully saturated rings. The number of aromatic nitrogens is 1. The van der Waals surface area contributed by atoms with Crippen LogP contribution < -0.4 is 4.74 Å². The van der Waals surface area contributed by atoms with Gasteiger partial charge < -0.3 is 14.4 Å². The first kappa shape index (κ1) is 15.1. The minimum atomic E-state index is -0.460. The maximum absolute atomic E-state index is 10.1. The molecule has 0 bridgehead atoms. The minimum absolute atomic E-state index is 0.178. The molecule has 21 heavy (non-hydrogen) atoms. The van der Waals surface area contributed by atoms with Crippen LogP contribution in [0.25, 0.3) is 0 Å². The summed E-state index contributed by atoms with van der Waals surface area (Å²) in [7, 11) is 1.62. The highest BCUT2D eigenvalue weighted by atomic mass is 16.5. The van der Waals surface area contributed by atoms with E-state index in [9.17, 15) is 5.11 Å². The van der Waals surface area contributed by atoms with Crippen LogP contribution >= 0.6 is 0 Å². The van der Waals surface area contributed by atoms with Crippen molar-refractivity contribution in [3.05, 3.63) is 53.3 Å². The van der Waals surface area contributed by atoms with Gasteiger partial charge in [-0.3, -0.25) is 0 Å². The fraction of sp³-hybridized carbons (Fsp3) is 0.353. The first-order chi connectivity index (χ1) is 10.0. The molecule has 0 radical (unpaired) electrons. The van der Waals surface area contributed by atoms with Gasteiger partial charge in [0.1, 0.15) is 5.75 Å². The number of aliphatic hydroxyl groups excluding tert-OH is 1. The third-order valence-electron chi connectivity index (χ3n) is 3.51. The minimum Gasteiger partial charge on any atom is -0.496 e. The number of aliphatic hydroxyl groups is 1. The number of ether oxygens (including phenoxy) is 1. The van der Waals surface area contributed by atoms with E-state index < -0.39 is 6.10 Å². The molecule has 1 aromatic heterocycles. The molecule has 2 aromatic rings. The Morgan fingerprint density at radius 2 is 2.10 bits per heavy atom.